The van der Waals surface area contributed by atoms with Gasteiger partial charge in [0.1, 0.15) is 0 Å². The molecule has 0 atom stereocenters. The van der Waals surface area contributed by atoms with Crippen molar-refractivity contribution in [2.75, 3.05) is 26.7 Å². The summed E-state index contributed by atoms with van der Waals surface area (Å²) in [5, 5.41) is 10.0. The average molecular weight is 423 g/mol. The molecule has 0 unspecified atom stereocenters. The van der Waals surface area contributed by atoms with Crippen LogP contribution in [0, 0.1) is 29.1 Å². The van der Waals surface area contributed by atoms with Crippen molar-refractivity contribution in [2.45, 2.75) is 64.7 Å². The molecule has 1 aliphatic rings. The molecule has 0 amide bonds. The Labute approximate surface area is 169 Å². The van der Waals surface area contributed by atoms with Gasteiger partial charge in [-0.2, -0.15) is 0 Å². The molecule has 166 valence electrons. The minimum Gasteiger partial charge on any atom is -0.545 e. The molecule has 29 heavy (non-hydrogen) atoms. The van der Waals surface area contributed by atoms with Gasteiger partial charge in [-0.05, 0) is 32.1 Å². The second-order valence-electron chi connectivity index (χ2n) is 7.85. The third-order valence-electron chi connectivity index (χ3n) is 5.36. The minimum atomic E-state index is -2.47. The number of hydrogen-bond acceptors (Lipinski definition) is 2. The van der Waals surface area contributed by atoms with E-state index in [4.69, 9.17) is 0 Å². The van der Waals surface area contributed by atoms with E-state index in [1.54, 1.807) is 0 Å². The predicted octanol–water partition coefficient (Wildman–Crippen LogP) is 4.72. The standard InChI is InChI=1S/C14H30N.C7HF5O2/c1-3-4-5-6-7-9-12-15(2)13-10-8-11-14-15;8-2-1(7(13)14)3(9)5(11)6(12)4(2)10/h3-14H2,1-2H3;(H,13,14)/q+1;/p-1. The fourth-order valence-electron chi connectivity index (χ4n) is 3.56. The lowest BCUT2D eigenvalue weighted by atomic mass is 10.1. The number of unbranched alkanes of at least 4 members (excludes halogenated alkanes) is 5. The number of carbonyl (C=O) groups excluding carboxylic acids is 1. The Morgan fingerprint density at radius 1 is 0.793 bits per heavy atom. The summed E-state index contributed by atoms with van der Waals surface area (Å²) in [6, 6.07) is 0. The van der Waals surface area contributed by atoms with E-state index in [9.17, 15) is 31.9 Å². The highest BCUT2D eigenvalue weighted by atomic mass is 19.2. The quantitative estimate of drug-likeness (QED) is 0.200. The molecule has 8 heteroatoms. The molecule has 0 aromatic heterocycles. The Bertz CT molecular complexity index is 647. The van der Waals surface area contributed by atoms with E-state index in [0.29, 0.717) is 0 Å². The molecule has 1 fully saturated rings. The van der Waals surface area contributed by atoms with Crippen LogP contribution in [-0.2, 0) is 0 Å². The first-order valence-electron chi connectivity index (χ1n) is 10.2. The maximum absolute atomic E-state index is 12.5. The number of carbonyl (C=O) groups is 1. The predicted molar refractivity (Wildman–Crippen MR) is 98.6 cm³/mol. The number of carboxylic acids is 1. The van der Waals surface area contributed by atoms with Gasteiger partial charge in [-0.25, -0.2) is 22.0 Å². The lowest BCUT2D eigenvalue weighted by Crippen LogP contribution is -2.48. The maximum Gasteiger partial charge on any atom is 0.200 e. The zero-order valence-corrected chi connectivity index (χ0v) is 17.1. The van der Waals surface area contributed by atoms with Gasteiger partial charge in [-0.3, -0.25) is 0 Å². The molecular weight excluding hydrogens is 393 g/mol. The first-order chi connectivity index (χ1) is 13.6. The fraction of sp³-hybridized carbons (Fsp3) is 0.667. The van der Waals surface area contributed by atoms with Crippen LogP contribution in [0.3, 0.4) is 0 Å². The van der Waals surface area contributed by atoms with E-state index < -0.39 is 40.6 Å². The zero-order chi connectivity index (χ0) is 22.0. The first kappa shape index (κ1) is 25.3. The Morgan fingerprint density at radius 3 is 1.72 bits per heavy atom. The largest absolute Gasteiger partial charge is 0.545 e. The van der Waals surface area contributed by atoms with E-state index in [1.165, 1.54) is 81.9 Å². The number of likely N-dealkylation sites (tertiary alicyclic amines) is 1. The van der Waals surface area contributed by atoms with Gasteiger partial charge in [0.15, 0.2) is 23.3 Å². The number of aromatic carboxylic acids is 1. The molecular formula is C21H30F5NO2. The number of benzene rings is 1. The van der Waals surface area contributed by atoms with E-state index in [1.807, 2.05) is 0 Å². The summed E-state index contributed by atoms with van der Waals surface area (Å²) in [7, 11) is 2.46. The van der Waals surface area contributed by atoms with Gasteiger partial charge in [0.25, 0.3) is 0 Å². The van der Waals surface area contributed by atoms with Crippen molar-refractivity contribution in [3.05, 3.63) is 34.6 Å². The molecule has 0 bridgehead atoms. The van der Waals surface area contributed by atoms with Crippen molar-refractivity contribution >= 4 is 5.97 Å². The Hall–Kier alpha value is -1.70. The molecule has 1 aliphatic heterocycles. The van der Waals surface area contributed by atoms with Crippen LogP contribution in [0.4, 0.5) is 22.0 Å². The molecule has 0 saturated carbocycles. The lowest BCUT2D eigenvalue weighted by molar-refractivity contribution is -0.914. The number of carboxylic acid groups (broad SMARTS) is 1. The van der Waals surface area contributed by atoms with Crippen LogP contribution in [0.25, 0.3) is 0 Å². The van der Waals surface area contributed by atoms with Crippen molar-refractivity contribution in [1.29, 1.82) is 0 Å². The van der Waals surface area contributed by atoms with Gasteiger partial charge < -0.3 is 14.4 Å². The molecule has 1 aromatic rings. The molecule has 1 saturated heterocycles. The third-order valence-corrected chi connectivity index (χ3v) is 5.36. The molecule has 1 aromatic carbocycles. The fourth-order valence-corrected chi connectivity index (χ4v) is 3.56. The molecule has 1 heterocycles. The second-order valence-corrected chi connectivity index (χ2v) is 7.85. The summed E-state index contributed by atoms with van der Waals surface area (Å²) >= 11 is 0. The molecule has 0 spiro atoms. The maximum atomic E-state index is 12.5. The van der Waals surface area contributed by atoms with Gasteiger partial charge in [-0.15, -0.1) is 0 Å². The summed E-state index contributed by atoms with van der Waals surface area (Å²) in [5.41, 5.74) is -1.97. The van der Waals surface area contributed by atoms with Gasteiger partial charge in [0.05, 0.1) is 38.2 Å². The van der Waals surface area contributed by atoms with Crippen molar-refractivity contribution in [2.24, 2.45) is 0 Å². The molecule has 0 radical (unpaired) electrons. The summed E-state index contributed by atoms with van der Waals surface area (Å²) < 4.78 is 63.3. The smallest absolute Gasteiger partial charge is 0.200 e. The molecule has 3 nitrogen and oxygen atoms in total. The van der Waals surface area contributed by atoms with Crippen LogP contribution in [0.2, 0.25) is 0 Å². The highest BCUT2D eigenvalue weighted by Gasteiger charge is 2.26. The normalized spacial score (nSPS) is 15.6. The van der Waals surface area contributed by atoms with Crippen LogP contribution in [-0.4, -0.2) is 37.1 Å². The van der Waals surface area contributed by atoms with Crippen molar-refractivity contribution in [3.63, 3.8) is 0 Å². The summed E-state index contributed by atoms with van der Waals surface area (Å²) in [4.78, 5) is 10.0. The number of quaternary nitrogens is 1. The molecule has 2 rings (SSSR count). The summed E-state index contributed by atoms with van der Waals surface area (Å²) in [6.45, 7) is 6.61. The minimum absolute atomic E-state index is 1.37. The summed E-state index contributed by atoms with van der Waals surface area (Å²) in [6.07, 6.45) is 13.1. The van der Waals surface area contributed by atoms with Gasteiger partial charge in [0.2, 0.25) is 5.82 Å². The number of hydrogen-bond donors (Lipinski definition) is 0. The Morgan fingerprint density at radius 2 is 1.24 bits per heavy atom. The van der Waals surface area contributed by atoms with Crippen LogP contribution < -0.4 is 5.11 Å². The highest BCUT2D eigenvalue weighted by Crippen LogP contribution is 2.22. The van der Waals surface area contributed by atoms with Crippen LogP contribution in [0.5, 0.6) is 0 Å². The number of nitrogens with zero attached hydrogens (tertiary/aromatic N) is 1. The first-order valence-corrected chi connectivity index (χ1v) is 10.2. The Balaban J connectivity index is 0.000000291. The van der Waals surface area contributed by atoms with Crippen LogP contribution in [0.15, 0.2) is 0 Å². The van der Waals surface area contributed by atoms with E-state index in [0.717, 1.165) is 0 Å². The summed E-state index contributed by atoms with van der Waals surface area (Å²) in [5.74, 6) is -14.4. The van der Waals surface area contributed by atoms with Crippen LogP contribution in [0.1, 0.15) is 75.1 Å². The zero-order valence-electron chi connectivity index (χ0n) is 17.1. The number of halogens is 5. The molecule has 0 aliphatic carbocycles. The highest BCUT2D eigenvalue weighted by molar-refractivity contribution is 5.86. The van der Waals surface area contributed by atoms with Crippen molar-refractivity contribution < 1.29 is 36.3 Å². The monoisotopic (exact) mass is 423 g/mol. The SMILES string of the molecule is CCCCCCCC[N+]1(C)CCCCC1.O=C([O-])c1c(F)c(F)c(F)c(F)c1F. The lowest BCUT2D eigenvalue weighted by Gasteiger charge is -2.37. The molecule has 0 N–H and O–H groups in total. The average Bonchev–Trinajstić information content (AvgIpc) is 2.68. The van der Waals surface area contributed by atoms with Crippen molar-refractivity contribution in [3.8, 4) is 0 Å². The number of piperidine rings is 1. The second kappa shape index (κ2) is 12.1. The van der Waals surface area contributed by atoms with Gasteiger partial charge in [-0.1, -0.05) is 32.6 Å². The van der Waals surface area contributed by atoms with Crippen LogP contribution >= 0.6 is 0 Å². The topological polar surface area (TPSA) is 40.1 Å². The van der Waals surface area contributed by atoms with Crippen molar-refractivity contribution in [1.82, 2.24) is 0 Å². The van der Waals surface area contributed by atoms with Gasteiger partial charge in [0, 0.05) is 0 Å². The van der Waals surface area contributed by atoms with Gasteiger partial charge >= 0.3 is 0 Å². The third kappa shape index (κ3) is 7.57. The Kier molecular flexibility index (Phi) is 10.6. The van der Waals surface area contributed by atoms with E-state index in [2.05, 4.69) is 14.0 Å². The van der Waals surface area contributed by atoms with E-state index >= 15 is 0 Å². The van der Waals surface area contributed by atoms with E-state index in [-0.39, 0.29) is 0 Å². The number of rotatable bonds is 8.